The molecule has 0 spiro atoms. The van der Waals surface area contributed by atoms with Crippen LogP contribution in [0.15, 0.2) is 24.3 Å². The second kappa shape index (κ2) is 6.15. The molecule has 3 nitrogen and oxygen atoms in total. The third-order valence-electron chi connectivity index (χ3n) is 4.37. The second-order valence-electron chi connectivity index (χ2n) is 6.65. The van der Waals surface area contributed by atoms with Gasteiger partial charge in [-0.3, -0.25) is 0 Å². The van der Waals surface area contributed by atoms with Crippen LogP contribution in [-0.2, 0) is 11.2 Å². The average Bonchev–Trinajstić information content (AvgIpc) is 2.44. The first-order chi connectivity index (χ1) is 9.46. The third-order valence-corrected chi connectivity index (χ3v) is 4.37. The monoisotopic (exact) mass is 276 g/mol. The van der Waals surface area contributed by atoms with Crippen molar-refractivity contribution in [2.24, 2.45) is 11.7 Å². The lowest BCUT2D eigenvalue weighted by molar-refractivity contribution is 0.00978. The summed E-state index contributed by atoms with van der Waals surface area (Å²) in [5.74, 6) is 0.671. The quantitative estimate of drug-likeness (QED) is 0.898. The third kappa shape index (κ3) is 3.33. The summed E-state index contributed by atoms with van der Waals surface area (Å²) in [5.41, 5.74) is 8.73. The maximum absolute atomic E-state index is 6.07. The topological polar surface area (TPSA) is 38.5 Å². The SMILES string of the molecule is COC(C)(C)CC(CN)N1CC(C)Cc2ccccc21. The Morgan fingerprint density at radius 1 is 1.40 bits per heavy atom. The highest BCUT2D eigenvalue weighted by Gasteiger charge is 2.30. The van der Waals surface area contributed by atoms with E-state index >= 15 is 0 Å². The lowest BCUT2D eigenvalue weighted by Crippen LogP contribution is -2.49. The second-order valence-corrected chi connectivity index (χ2v) is 6.65. The molecule has 2 N–H and O–H groups in total. The normalized spacial score (nSPS) is 20.6. The van der Waals surface area contributed by atoms with Crippen molar-refractivity contribution in [1.29, 1.82) is 0 Å². The van der Waals surface area contributed by atoms with E-state index in [2.05, 4.69) is 49.9 Å². The smallest absolute Gasteiger partial charge is 0.0642 e. The number of ether oxygens (including phenoxy) is 1. The maximum Gasteiger partial charge on any atom is 0.0642 e. The summed E-state index contributed by atoms with van der Waals surface area (Å²) < 4.78 is 5.59. The molecule has 3 heteroatoms. The molecule has 2 rings (SSSR count). The van der Waals surface area contributed by atoms with Crippen molar-refractivity contribution in [2.45, 2.75) is 45.3 Å². The first-order valence-electron chi connectivity index (χ1n) is 7.56. The van der Waals surface area contributed by atoms with E-state index in [1.165, 1.54) is 11.3 Å². The number of hydrogen-bond acceptors (Lipinski definition) is 3. The van der Waals surface area contributed by atoms with Gasteiger partial charge in [-0.25, -0.2) is 0 Å². The number of anilines is 1. The van der Waals surface area contributed by atoms with E-state index < -0.39 is 0 Å². The van der Waals surface area contributed by atoms with Crippen molar-refractivity contribution in [3.05, 3.63) is 29.8 Å². The number of nitrogens with zero attached hydrogens (tertiary/aromatic N) is 1. The fraction of sp³-hybridized carbons (Fsp3) is 0.647. The fourth-order valence-electron chi connectivity index (χ4n) is 3.16. The Kier molecular flexibility index (Phi) is 4.71. The minimum atomic E-state index is -0.139. The molecule has 1 aliphatic rings. The molecule has 2 unspecified atom stereocenters. The van der Waals surface area contributed by atoms with E-state index in [9.17, 15) is 0 Å². The molecule has 0 bridgehead atoms. The van der Waals surface area contributed by atoms with Gasteiger partial charge >= 0.3 is 0 Å². The van der Waals surface area contributed by atoms with Crippen LogP contribution in [0.1, 0.15) is 32.8 Å². The molecule has 0 radical (unpaired) electrons. The van der Waals surface area contributed by atoms with Gasteiger partial charge < -0.3 is 15.4 Å². The Bertz CT molecular complexity index is 444. The molecule has 1 aliphatic heterocycles. The van der Waals surface area contributed by atoms with Gasteiger partial charge in [-0.1, -0.05) is 25.1 Å². The summed E-state index contributed by atoms with van der Waals surface area (Å²) in [4.78, 5) is 2.49. The van der Waals surface area contributed by atoms with Gasteiger partial charge in [-0.2, -0.15) is 0 Å². The first kappa shape index (κ1) is 15.3. The lowest BCUT2D eigenvalue weighted by Gasteiger charge is -2.42. The molecule has 1 aromatic carbocycles. The van der Waals surface area contributed by atoms with Crippen LogP contribution < -0.4 is 10.6 Å². The summed E-state index contributed by atoms with van der Waals surface area (Å²) in [6.07, 6.45) is 2.11. The van der Waals surface area contributed by atoms with Crippen LogP contribution in [0.25, 0.3) is 0 Å². The van der Waals surface area contributed by atoms with E-state index in [0.717, 1.165) is 19.4 Å². The predicted octanol–water partition coefficient (Wildman–Crippen LogP) is 2.83. The van der Waals surface area contributed by atoms with Gasteiger partial charge in [0.05, 0.1) is 5.60 Å². The van der Waals surface area contributed by atoms with E-state index in [1.807, 2.05) is 0 Å². The largest absolute Gasteiger partial charge is 0.379 e. The Morgan fingerprint density at radius 3 is 2.75 bits per heavy atom. The highest BCUT2D eigenvalue weighted by Crippen LogP contribution is 2.33. The van der Waals surface area contributed by atoms with E-state index in [0.29, 0.717) is 18.5 Å². The Labute approximate surface area is 123 Å². The summed E-state index contributed by atoms with van der Waals surface area (Å²) in [7, 11) is 1.78. The molecule has 0 fully saturated rings. The van der Waals surface area contributed by atoms with Crippen LogP contribution in [0.3, 0.4) is 0 Å². The molecule has 20 heavy (non-hydrogen) atoms. The molecule has 0 saturated carbocycles. The molecule has 112 valence electrons. The summed E-state index contributed by atoms with van der Waals surface area (Å²) >= 11 is 0. The van der Waals surface area contributed by atoms with E-state index in [1.54, 1.807) is 7.11 Å². The maximum atomic E-state index is 6.07. The van der Waals surface area contributed by atoms with Gasteiger partial charge in [0.25, 0.3) is 0 Å². The van der Waals surface area contributed by atoms with Crippen molar-refractivity contribution in [3.63, 3.8) is 0 Å². The van der Waals surface area contributed by atoms with Crippen LogP contribution in [0.2, 0.25) is 0 Å². The predicted molar refractivity (Wildman–Crippen MR) is 85.2 cm³/mol. The van der Waals surface area contributed by atoms with E-state index in [4.69, 9.17) is 10.5 Å². The summed E-state index contributed by atoms with van der Waals surface area (Å²) in [6.45, 7) is 8.33. The van der Waals surface area contributed by atoms with Gasteiger partial charge in [0.2, 0.25) is 0 Å². The molecule has 1 aromatic rings. The molecule has 2 atom stereocenters. The van der Waals surface area contributed by atoms with Crippen LogP contribution in [0.5, 0.6) is 0 Å². The number of nitrogens with two attached hydrogens (primary N) is 1. The van der Waals surface area contributed by atoms with Gasteiger partial charge in [0, 0.05) is 31.9 Å². The lowest BCUT2D eigenvalue weighted by atomic mass is 9.90. The molecule has 0 saturated heterocycles. The van der Waals surface area contributed by atoms with Crippen molar-refractivity contribution in [1.82, 2.24) is 0 Å². The van der Waals surface area contributed by atoms with Gasteiger partial charge in [-0.15, -0.1) is 0 Å². The molecular formula is C17H28N2O. The highest BCUT2D eigenvalue weighted by molar-refractivity contribution is 5.56. The van der Waals surface area contributed by atoms with Crippen molar-refractivity contribution < 1.29 is 4.74 Å². The number of methoxy groups -OCH3 is 1. The standard InChI is InChI=1S/C17H28N2O/c1-13-9-14-7-5-6-8-16(14)19(12-13)15(11-18)10-17(2,3)20-4/h5-8,13,15H,9-12,18H2,1-4H3. The minimum Gasteiger partial charge on any atom is -0.379 e. The average molecular weight is 276 g/mol. The Hall–Kier alpha value is -1.06. The van der Waals surface area contributed by atoms with Gasteiger partial charge in [0.15, 0.2) is 0 Å². The van der Waals surface area contributed by atoms with Crippen LogP contribution in [0.4, 0.5) is 5.69 Å². The number of benzene rings is 1. The number of para-hydroxylation sites is 1. The number of fused-ring (bicyclic) bond motifs is 1. The van der Waals surface area contributed by atoms with Gasteiger partial charge in [0.1, 0.15) is 0 Å². The molecule has 0 aromatic heterocycles. The summed E-state index contributed by atoms with van der Waals surface area (Å²) in [6, 6.07) is 9.05. The van der Waals surface area contributed by atoms with Crippen LogP contribution in [0, 0.1) is 5.92 Å². The number of hydrogen-bond donors (Lipinski definition) is 1. The molecule has 1 heterocycles. The highest BCUT2D eigenvalue weighted by atomic mass is 16.5. The first-order valence-corrected chi connectivity index (χ1v) is 7.56. The minimum absolute atomic E-state index is 0.139. The van der Waals surface area contributed by atoms with Crippen molar-refractivity contribution in [3.8, 4) is 0 Å². The van der Waals surface area contributed by atoms with E-state index in [-0.39, 0.29) is 5.60 Å². The molecule has 0 aliphatic carbocycles. The van der Waals surface area contributed by atoms with Crippen molar-refractivity contribution >= 4 is 5.69 Å². The van der Waals surface area contributed by atoms with Crippen molar-refractivity contribution in [2.75, 3.05) is 25.1 Å². The van der Waals surface area contributed by atoms with Crippen LogP contribution >= 0.6 is 0 Å². The zero-order valence-corrected chi connectivity index (χ0v) is 13.2. The Morgan fingerprint density at radius 2 is 2.10 bits per heavy atom. The number of rotatable bonds is 5. The molecular weight excluding hydrogens is 248 g/mol. The molecule has 0 amide bonds. The zero-order valence-electron chi connectivity index (χ0n) is 13.2. The summed E-state index contributed by atoms with van der Waals surface area (Å²) in [5, 5.41) is 0. The fourth-order valence-corrected chi connectivity index (χ4v) is 3.16. The van der Waals surface area contributed by atoms with Gasteiger partial charge in [-0.05, 0) is 44.2 Å². The van der Waals surface area contributed by atoms with Crippen LogP contribution in [-0.4, -0.2) is 31.8 Å². The Balaban J connectivity index is 2.26. The zero-order chi connectivity index (χ0) is 14.8.